The molecule has 0 saturated carbocycles. The predicted molar refractivity (Wildman–Crippen MR) is 188 cm³/mol. The van der Waals surface area contributed by atoms with Gasteiger partial charge in [0, 0.05) is 88.5 Å². The van der Waals surface area contributed by atoms with E-state index in [-0.39, 0.29) is 96.4 Å². The van der Waals surface area contributed by atoms with Gasteiger partial charge in [-0.3, -0.25) is 29.2 Å². The van der Waals surface area contributed by atoms with Crippen molar-refractivity contribution in [2.75, 3.05) is 78.5 Å². The third-order valence-corrected chi connectivity index (χ3v) is 9.22. The van der Waals surface area contributed by atoms with E-state index in [1.807, 2.05) is 29.2 Å². The van der Waals surface area contributed by atoms with Crippen LogP contribution in [0.3, 0.4) is 0 Å². The molecule has 1 aliphatic rings. The maximum absolute atomic E-state index is 12.9. The Balaban J connectivity index is 0.00000650. The molecule has 14 nitrogen and oxygen atoms in total. The van der Waals surface area contributed by atoms with E-state index in [2.05, 4.69) is 5.32 Å². The van der Waals surface area contributed by atoms with E-state index in [4.69, 9.17) is 23.2 Å². The summed E-state index contributed by atoms with van der Waals surface area (Å²) >= 11 is 12.7. The van der Waals surface area contributed by atoms with Crippen LogP contribution in [0, 0.1) is 0 Å². The van der Waals surface area contributed by atoms with Gasteiger partial charge in [-0.15, -0.1) is 0 Å². The van der Waals surface area contributed by atoms with Crippen molar-refractivity contribution >= 4 is 73.1 Å². The van der Waals surface area contributed by atoms with Crippen molar-refractivity contribution in [3.63, 3.8) is 0 Å². The van der Waals surface area contributed by atoms with Gasteiger partial charge in [-0.25, -0.2) is 0 Å². The fourth-order valence-electron chi connectivity index (χ4n) is 5.85. The summed E-state index contributed by atoms with van der Waals surface area (Å²) in [6, 6.07) is 11.9. The molecule has 276 valence electrons. The summed E-state index contributed by atoms with van der Waals surface area (Å²) in [4.78, 5) is 66.3. The number of carbonyl (C=O) groups excluding carboxylic acids is 4. The van der Waals surface area contributed by atoms with Crippen LogP contribution in [-0.2, 0) is 36.8 Å². The van der Waals surface area contributed by atoms with E-state index in [1.165, 1.54) is 0 Å². The van der Waals surface area contributed by atoms with Gasteiger partial charge in [-0.1, -0.05) is 53.5 Å². The van der Waals surface area contributed by atoms with Gasteiger partial charge < -0.3 is 40.5 Å². The summed E-state index contributed by atoms with van der Waals surface area (Å²) in [6.07, 6.45) is 1.90. The van der Waals surface area contributed by atoms with Gasteiger partial charge in [-0.05, 0) is 41.7 Å². The molecule has 0 aromatic heterocycles. The monoisotopic (exact) mass is 805 g/mol. The predicted octanol–water partition coefficient (Wildman–Crippen LogP) is -1.16. The minimum atomic E-state index is -1.30. The Hall–Kier alpha value is -2.99. The first kappa shape index (κ1) is 46.0. The van der Waals surface area contributed by atoms with Gasteiger partial charge >= 0.3 is 25.8 Å². The number of nitrogens with zero attached hydrogens (tertiary/aromatic N) is 4. The number of rotatable bonds is 16. The number of amides is 1. The summed E-state index contributed by atoms with van der Waals surface area (Å²) in [5, 5.41) is 36.9. The van der Waals surface area contributed by atoms with Crippen molar-refractivity contribution in [2.45, 2.75) is 31.7 Å². The number of carboxylic acid groups (broad SMARTS) is 3. The molecule has 1 unspecified atom stereocenters. The first-order valence-electron chi connectivity index (χ1n) is 16.2. The second-order valence-electron chi connectivity index (χ2n) is 12.0. The molecule has 17 heteroatoms. The second kappa shape index (κ2) is 24.3. The van der Waals surface area contributed by atoms with Crippen LogP contribution < -0.4 is 15.5 Å². The van der Waals surface area contributed by atoms with Crippen LogP contribution in [0.1, 0.15) is 29.5 Å². The Morgan fingerprint density at radius 3 is 1.84 bits per heavy atom. The molecule has 1 atom stereocenters. The van der Waals surface area contributed by atoms with Crippen molar-refractivity contribution in [1.82, 2.24) is 24.9 Å². The van der Waals surface area contributed by atoms with Crippen molar-refractivity contribution in [1.29, 1.82) is 0 Å². The number of hydrogen-bond acceptors (Lipinski definition) is 12. The number of aldehydes is 1. The van der Waals surface area contributed by atoms with Crippen LogP contribution in [0.25, 0.3) is 0 Å². The maximum Gasteiger partial charge on any atom is 3.00 e. The first-order valence-corrected chi connectivity index (χ1v) is 17.0. The topological polar surface area (TPSA) is 207 Å². The fourth-order valence-corrected chi connectivity index (χ4v) is 6.38. The number of halogens is 2. The molecular weight excluding hydrogens is 763 g/mol. The number of nitrogens with one attached hydrogen (secondary N) is 1. The van der Waals surface area contributed by atoms with Crippen LogP contribution in [0.4, 0.5) is 0 Å². The van der Waals surface area contributed by atoms with Crippen molar-refractivity contribution in [2.24, 2.45) is 0 Å². The number of aliphatic carboxylic acids is 3. The van der Waals surface area contributed by atoms with Gasteiger partial charge in [0.1, 0.15) is 12.3 Å². The molecule has 0 spiro atoms. The normalized spacial score (nSPS) is 16.0. The van der Waals surface area contributed by atoms with Crippen molar-refractivity contribution in [3.05, 3.63) is 69.2 Å². The number of carboxylic acids is 3. The molecule has 3 rings (SSSR count). The van der Waals surface area contributed by atoms with Crippen molar-refractivity contribution in [3.8, 4) is 0 Å². The van der Waals surface area contributed by atoms with E-state index >= 15 is 0 Å². The van der Waals surface area contributed by atoms with Crippen LogP contribution in [0.5, 0.6) is 0 Å². The quantitative estimate of drug-likeness (QED) is 0.117. The molecule has 1 aliphatic heterocycles. The minimum absolute atomic E-state index is 0. The molecule has 1 amide bonds. The van der Waals surface area contributed by atoms with E-state index < -0.39 is 30.5 Å². The molecule has 0 radical (unpaired) electrons. The van der Waals surface area contributed by atoms with Gasteiger partial charge in [0.2, 0.25) is 5.91 Å². The van der Waals surface area contributed by atoms with Crippen LogP contribution in [0.2, 0.25) is 10.0 Å². The molecule has 51 heavy (non-hydrogen) atoms. The molecular formula is C34H44Cl2GaN5O9. The summed E-state index contributed by atoms with van der Waals surface area (Å²) in [6.45, 7) is 1.67. The smallest absolute Gasteiger partial charge is 0.870 e. The Morgan fingerprint density at radius 2 is 1.31 bits per heavy atom. The van der Waals surface area contributed by atoms with E-state index in [0.717, 1.165) is 23.0 Å². The molecule has 1 saturated heterocycles. The van der Waals surface area contributed by atoms with Gasteiger partial charge in [0.05, 0.1) is 24.9 Å². The average Bonchev–Trinajstić information content (AvgIpc) is 3.03. The SMILES string of the molecule is O=CCN1CCN(CC(=O)[O-])CCN(CC(=O)[O-])CCN(C(CCCNC(=O)Cc2ccccc2Cc2c(Cl)cccc2Cl)C(=O)O)CC1.[Ga+3].[OH-]. The largest absolute Gasteiger partial charge is 3.00 e. The Labute approximate surface area is 321 Å². The summed E-state index contributed by atoms with van der Waals surface area (Å²) in [5.41, 5.74) is 2.51. The first-order chi connectivity index (χ1) is 23.5. The molecule has 1 fully saturated rings. The number of hydrogen-bond donors (Lipinski definition) is 2. The minimum Gasteiger partial charge on any atom is -0.870 e. The molecule has 1 heterocycles. The Bertz CT molecular complexity index is 1420. The van der Waals surface area contributed by atoms with Crippen LogP contribution in [0.15, 0.2) is 42.5 Å². The number of carbonyl (C=O) groups is 5. The fraction of sp³-hybridized carbons (Fsp3) is 0.500. The summed E-state index contributed by atoms with van der Waals surface area (Å²) in [5.74, 6) is -3.84. The van der Waals surface area contributed by atoms with E-state index in [1.54, 1.807) is 32.9 Å². The van der Waals surface area contributed by atoms with Gasteiger partial charge in [0.15, 0.2) is 0 Å². The third-order valence-electron chi connectivity index (χ3n) is 8.51. The maximum atomic E-state index is 12.9. The summed E-state index contributed by atoms with van der Waals surface area (Å²) in [7, 11) is 0. The zero-order chi connectivity index (χ0) is 35.8. The van der Waals surface area contributed by atoms with Crippen LogP contribution in [-0.4, -0.2) is 165 Å². The van der Waals surface area contributed by atoms with E-state index in [0.29, 0.717) is 42.5 Å². The standard InChI is InChI=1S/C34H45Cl2N5O8.Ga.H2O/c35-28-7-3-8-29(36)27(28)21-25-5-1-2-6-26(25)22-31(43)37-10-4-9-30(34(48)49)41-17-15-38(19-20-42)11-12-39(23-32(44)45)13-14-40(16-18-41)24-33(46)47;;/h1-3,5-8,20,30H,4,9-19,21-24H2,(H,37,43)(H,44,45)(H,46,47)(H,48,49);;1H2/q;+3;/p-3. The third kappa shape index (κ3) is 16.5. The zero-order valence-electron chi connectivity index (χ0n) is 28.4. The molecule has 2 aromatic rings. The second-order valence-corrected chi connectivity index (χ2v) is 12.8. The Kier molecular flexibility index (Phi) is 21.9. The summed E-state index contributed by atoms with van der Waals surface area (Å²) < 4.78 is 0. The zero-order valence-corrected chi connectivity index (χ0v) is 32.3. The van der Waals surface area contributed by atoms with E-state index in [9.17, 15) is 39.3 Å². The molecule has 0 aliphatic carbocycles. The van der Waals surface area contributed by atoms with Crippen LogP contribution >= 0.6 is 23.2 Å². The Morgan fingerprint density at radius 1 is 0.804 bits per heavy atom. The average molecular weight is 807 g/mol. The molecule has 3 N–H and O–H groups in total. The number of benzene rings is 2. The molecule has 2 aromatic carbocycles. The van der Waals surface area contributed by atoms with Gasteiger partial charge in [0.25, 0.3) is 0 Å². The molecule has 0 bridgehead atoms. The van der Waals surface area contributed by atoms with Crippen molar-refractivity contribution < 1.29 is 44.8 Å². The van der Waals surface area contributed by atoms with Gasteiger partial charge in [-0.2, -0.15) is 0 Å².